The molecule has 1 atom stereocenters. The second-order valence-electron chi connectivity index (χ2n) is 6.46. The van der Waals surface area contributed by atoms with Gasteiger partial charge in [0.2, 0.25) is 0 Å². The van der Waals surface area contributed by atoms with Gasteiger partial charge >= 0.3 is 0 Å². The smallest absolute Gasteiger partial charge is 0.191 e. The van der Waals surface area contributed by atoms with Crippen LogP contribution in [0.4, 0.5) is 0 Å². The van der Waals surface area contributed by atoms with E-state index in [1.165, 1.54) is 4.88 Å². The van der Waals surface area contributed by atoms with Crippen LogP contribution in [0.3, 0.4) is 0 Å². The highest BCUT2D eigenvalue weighted by Crippen LogP contribution is 2.22. The first kappa shape index (κ1) is 20.6. The molecule has 8 heteroatoms. The Balaban J connectivity index is 1.80. The van der Waals surface area contributed by atoms with Gasteiger partial charge in [-0.1, -0.05) is 0 Å². The standard InChI is InChI=1S/C17H29BrN4O2S/c1-3-19-16(20-7-6-14-4-5-15(18)25-14)21-12-17(2,23)13-22-8-10-24-11-9-22/h4-5,23H,3,6-13H2,1-2H3,(H2,19,20,21). The summed E-state index contributed by atoms with van der Waals surface area (Å²) in [7, 11) is 0. The van der Waals surface area contributed by atoms with Crippen molar-refractivity contribution in [2.75, 3.05) is 52.5 Å². The summed E-state index contributed by atoms with van der Waals surface area (Å²) in [5.74, 6) is 0.750. The van der Waals surface area contributed by atoms with E-state index in [2.05, 4.69) is 48.6 Å². The zero-order valence-corrected chi connectivity index (χ0v) is 17.5. The first-order valence-corrected chi connectivity index (χ1v) is 10.4. The lowest BCUT2D eigenvalue weighted by molar-refractivity contribution is -0.0179. The molecule has 0 bridgehead atoms. The van der Waals surface area contributed by atoms with E-state index < -0.39 is 5.60 Å². The van der Waals surface area contributed by atoms with Crippen molar-refractivity contribution in [3.05, 3.63) is 20.8 Å². The van der Waals surface area contributed by atoms with E-state index in [1.54, 1.807) is 11.3 Å². The molecule has 3 N–H and O–H groups in total. The lowest BCUT2D eigenvalue weighted by Gasteiger charge is -2.33. The third-order valence-corrected chi connectivity index (χ3v) is 5.57. The fourth-order valence-corrected chi connectivity index (χ4v) is 4.15. The molecule has 0 saturated carbocycles. The van der Waals surface area contributed by atoms with Crippen molar-refractivity contribution >= 4 is 33.2 Å². The lowest BCUT2D eigenvalue weighted by Crippen LogP contribution is -2.48. The molecule has 1 aromatic heterocycles. The van der Waals surface area contributed by atoms with E-state index >= 15 is 0 Å². The average Bonchev–Trinajstić information content (AvgIpc) is 2.98. The predicted octanol–water partition coefficient (Wildman–Crippen LogP) is 1.69. The number of hydrogen-bond donors (Lipinski definition) is 3. The molecule has 25 heavy (non-hydrogen) atoms. The number of nitrogens with zero attached hydrogens (tertiary/aromatic N) is 2. The molecule has 1 aliphatic rings. The summed E-state index contributed by atoms with van der Waals surface area (Å²) in [4.78, 5) is 8.13. The number of guanidine groups is 1. The Bertz CT molecular complexity index is 545. The fraction of sp³-hybridized carbons (Fsp3) is 0.706. The summed E-state index contributed by atoms with van der Waals surface area (Å²) in [6, 6.07) is 4.20. The van der Waals surface area contributed by atoms with E-state index in [1.807, 2.05) is 13.8 Å². The Kier molecular flexibility index (Phi) is 8.65. The molecule has 1 fully saturated rings. The molecule has 2 rings (SSSR count). The Labute approximate surface area is 162 Å². The maximum atomic E-state index is 10.6. The van der Waals surface area contributed by atoms with Gasteiger partial charge in [0.25, 0.3) is 0 Å². The summed E-state index contributed by atoms with van der Waals surface area (Å²) in [5, 5.41) is 17.2. The van der Waals surface area contributed by atoms with Gasteiger partial charge in [0.05, 0.1) is 29.1 Å². The zero-order valence-electron chi connectivity index (χ0n) is 15.1. The largest absolute Gasteiger partial charge is 0.387 e. The number of rotatable bonds is 8. The number of aliphatic hydroxyl groups is 1. The second-order valence-corrected chi connectivity index (χ2v) is 9.01. The highest BCUT2D eigenvalue weighted by molar-refractivity contribution is 9.11. The van der Waals surface area contributed by atoms with Crippen molar-refractivity contribution in [2.45, 2.75) is 25.9 Å². The van der Waals surface area contributed by atoms with Crippen molar-refractivity contribution in [2.24, 2.45) is 4.99 Å². The number of morpholine rings is 1. The minimum Gasteiger partial charge on any atom is -0.387 e. The van der Waals surface area contributed by atoms with Crippen molar-refractivity contribution in [1.29, 1.82) is 0 Å². The highest BCUT2D eigenvalue weighted by atomic mass is 79.9. The van der Waals surface area contributed by atoms with Crippen LogP contribution in [0.25, 0.3) is 0 Å². The van der Waals surface area contributed by atoms with Gasteiger partial charge in [-0.2, -0.15) is 0 Å². The van der Waals surface area contributed by atoms with Gasteiger partial charge in [0, 0.05) is 37.6 Å². The molecular formula is C17H29BrN4O2S. The van der Waals surface area contributed by atoms with E-state index in [0.717, 1.165) is 55.6 Å². The first-order chi connectivity index (χ1) is 12.0. The topological polar surface area (TPSA) is 69.1 Å². The monoisotopic (exact) mass is 432 g/mol. The number of aliphatic imine (C=N–C) groups is 1. The van der Waals surface area contributed by atoms with Crippen LogP contribution in [0, 0.1) is 0 Å². The summed E-state index contributed by atoms with van der Waals surface area (Å²) in [5.41, 5.74) is -0.849. The molecule has 1 aromatic rings. The molecule has 1 saturated heterocycles. The van der Waals surface area contributed by atoms with Crippen LogP contribution in [0.15, 0.2) is 20.9 Å². The fourth-order valence-electron chi connectivity index (χ4n) is 2.67. The maximum absolute atomic E-state index is 10.6. The van der Waals surface area contributed by atoms with Crippen LogP contribution in [-0.2, 0) is 11.2 Å². The van der Waals surface area contributed by atoms with E-state index in [-0.39, 0.29) is 0 Å². The van der Waals surface area contributed by atoms with Crippen LogP contribution in [-0.4, -0.2) is 74.0 Å². The number of nitrogens with one attached hydrogen (secondary N) is 2. The molecule has 0 radical (unpaired) electrons. The van der Waals surface area contributed by atoms with Crippen molar-refractivity contribution in [3.63, 3.8) is 0 Å². The molecule has 6 nitrogen and oxygen atoms in total. The van der Waals surface area contributed by atoms with E-state index in [0.29, 0.717) is 13.1 Å². The summed E-state index contributed by atoms with van der Waals surface area (Å²) in [6.07, 6.45) is 0.949. The van der Waals surface area contributed by atoms with Crippen LogP contribution >= 0.6 is 27.3 Å². The molecule has 0 spiro atoms. The quantitative estimate of drug-likeness (QED) is 0.430. The average molecular weight is 433 g/mol. The van der Waals surface area contributed by atoms with Gasteiger partial charge in [-0.25, -0.2) is 0 Å². The van der Waals surface area contributed by atoms with Crippen molar-refractivity contribution in [3.8, 4) is 0 Å². The van der Waals surface area contributed by atoms with Crippen LogP contribution in [0.5, 0.6) is 0 Å². The zero-order chi connectivity index (χ0) is 18.1. The Hall–Kier alpha value is -0.670. The minimum absolute atomic E-state index is 0.365. The van der Waals surface area contributed by atoms with Gasteiger partial charge in [-0.3, -0.25) is 9.89 Å². The number of halogens is 1. The van der Waals surface area contributed by atoms with Crippen LogP contribution in [0.1, 0.15) is 18.7 Å². The molecule has 1 unspecified atom stereocenters. The van der Waals surface area contributed by atoms with Crippen LogP contribution < -0.4 is 10.6 Å². The minimum atomic E-state index is -0.849. The van der Waals surface area contributed by atoms with Crippen molar-refractivity contribution < 1.29 is 9.84 Å². The van der Waals surface area contributed by atoms with Gasteiger partial charge in [0.15, 0.2) is 5.96 Å². The summed E-state index contributed by atoms with van der Waals surface area (Å²) < 4.78 is 6.51. The summed E-state index contributed by atoms with van der Waals surface area (Å²) >= 11 is 5.24. The second kappa shape index (κ2) is 10.5. The molecule has 0 amide bonds. The SMILES string of the molecule is CCNC(=NCC(C)(O)CN1CCOCC1)NCCc1ccc(Br)s1. The third kappa shape index (κ3) is 8.04. The molecule has 2 heterocycles. The highest BCUT2D eigenvalue weighted by Gasteiger charge is 2.25. The van der Waals surface area contributed by atoms with E-state index in [4.69, 9.17) is 4.74 Å². The van der Waals surface area contributed by atoms with Crippen LogP contribution in [0.2, 0.25) is 0 Å². The molecular weight excluding hydrogens is 404 g/mol. The molecule has 0 aliphatic carbocycles. The van der Waals surface area contributed by atoms with E-state index in [9.17, 15) is 5.11 Å². The van der Waals surface area contributed by atoms with Gasteiger partial charge in [-0.15, -0.1) is 11.3 Å². The number of β-amino-alcohol motifs (C(OH)–C–C–N with tert-alkyl or cyclic N) is 1. The number of hydrogen-bond acceptors (Lipinski definition) is 5. The van der Waals surface area contributed by atoms with Crippen molar-refractivity contribution in [1.82, 2.24) is 15.5 Å². The first-order valence-electron chi connectivity index (χ1n) is 8.77. The Morgan fingerprint density at radius 1 is 1.40 bits per heavy atom. The number of thiophene rings is 1. The molecule has 0 aromatic carbocycles. The van der Waals surface area contributed by atoms with Gasteiger partial charge in [-0.05, 0) is 48.3 Å². The normalized spacial score (nSPS) is 18.8. The maximum Gasteiger partial charge on any atom is 0.191 e. The third-order valence-electron chi connectivity index (χ3n) is 3.88. The molecule has 142 valence electrons. The molecule has 1 aliphatic heterocycles. The van der Waals surface area contributed by atoms with Gasteiger partial charge in [0.1, 0.15) is 0 Å². The predicted molar refractivity (Wildman–Crippen MR) is 108 cm³/mol. The Morgan fingerprint density at radius 2 is 2.16 bits per heavy atom. The lowest BCUT2D eigenvalue weighted by atomic mass is 10.1. The Morgan fingerprint density at radius 3 is 2.80 bits per heavy atom. The van der Waals surface area contributed by atoms with Gasteiger partial charge < -0.3 is 20.5 Å². The number of ether oxygens (including phenoxy) is 1. The summed E-state index contributed by atoms with van der Waals surface area (Å²) in [6.45, 7) is 9.69.